The van der Waals surface area contributed by atoms with E-state index in [1.807, 2.05) is 6.92 Å². The average Bonchev–Trinajstić information content (AvgIpc) is 2.93. The van der Waals surface area contributed by atoms with Crippen LogP contribution >= 0.6 is 31.9 Å². The maximum Gasteiger partial charge on any atom is 0.326 e. The van der Waals surface area contributed by atoms with Gasteiger partial charge in [-0.2, -0.15) is 0 Å². The molecule has 3 rings (SSSR count). The van der Waals surface area contributed by atoms with Crippen molar-refractivity contribution in [2.24, 2.45) is 11.8 Å². The van der Waals surface area contributed by atoms with Crippen LogP contribution in [0.25, 0.3) is 0 Å². The van der Waals surface area contributed by atoms with Crippen LogP contribution in [0.4, 0.5) is 5.69 Å². The lowest BCUT2D eigenvalue weighted by molar-refractivity contribution is -0.154. The lowest BCUT2D eigenvalue weighted by Gasteiger charge is -2.29. The molecule has 8 nitrogen and oxygen atoms in total. The summed E-state index contributed by atoms with van der Waals surface area (Å²) in [6.07, 6.45) is 1.05. The second-order valence-electron chi connectivity index (χ2n) is 7.12. The first-order chi connectivity index (χ1) is 14.3. The summed E-state index contributed by atoms with van der Waals surface area (Å²) in [6, 6.07) is 6.90. The highest BCUT2D eigenvalue weighted by Crippen LogP contribution is 2.43. The smallest absolute Gasteiger partial charge is 0.326 e. The molecule has 1 saturated carbocycles. The fraction of sp³-hybridized carbons (Fsp3) is 0.500. The van der Waals surface area contributed by atoms with E-state index < -0.39 is 36.9 Å². The molecule has 2 aliphatic rings. The van der Waals surface area contributed by atoms with E-state index in [0.29, 0.717) is 30.9 Å². The maximum absolute atomic E-state index is 12.6. The number of esters is 1. The first-order valence-corrected chi connectivity index (χ1v) is 11.5. The number of alkyl halides is 2. The second kappa shape index (κ2) is 9.91. The Bertz CT molecular complexity index is 820. The van der Waals surface area contributed by atoms with E-state index in [2.05, 4.69) is 37.2 Å². The third-order valence-corrected chi connectivity index (χ3v) is 7.85. The summed E-state index contributed by atoms with van der Waals surface area (Å²) in [5.74, 6) is -2.43. The third kappa shape index (κ3) is 5.03. The Balaban J connectivity index is 1.52. The molecule has 1 aromatic rings. The Labute approximate surface area is 190 Å². The quantitative estimate of drug-likeness (QED) is 0.321. The fourth-order valence-electron chi connectivity index (χ4n) is 3.68. The van der Waals surface area contributed by atoms with Crippen molar-refractivity contribution in [2.45, 2.75) is 29.4 Å². The molecule has 4 atom stereocenters. The zero-order valence-electron chi connectivity index (χ0n) is 16.3. The van der Waals surface area contributed by atoms with Crippen LogP contribution in [0.1, 0.15) is 19.8 Å². The van der Waals surface area contributed by atoms with E-state index in [1.54, 1.807) is 24.3 Å². The summed E-state index contributed by atoms with van der Waals surface area (Å²) in [5.41, 5.74) is 0.461. The Morgan fingerprint density at radius 3 is 2.30 bits per heavy atom. The Kier molecular flexibility index (Phi) is 7.51. The van der Waals surface area contributed by atoms with Crippen molar-refractivity contribution in [1.82, 2.24) is 4.90 Å². The second-order valence-corrected chi connectivity index (χ2v) is 9.47. The topological polar surface area (TPSA) is 102 Å². The highest BCUT2D eigenvalue weighted by molar-refractivity contribution is 9.12. The summed E-state index contributed by atoms with van der Waals surface area (Å²) in [6.45, 7) is 1.24. The molecular formula is C20H22Br2N2O6. The molecule has 3 amide bonds. The van der Waals surface area contributed by atoms with Gasteiger partial charge in [0, 0.05) is 9.65 Å². The standard InChI is InChI=1S/C20H22Br2N2O6/c1-2-29-16-6-4-3-5-15(16)23-17(25)10-30-18(26)9-24-19(27)11-7-13(21)14(22)8-12(11)20(24)28/h3-6,11-14H,2,7-10H2,1H3,(H,23,25)/t11-,12+,13-,14-/m0/s1. The predicted molar refractivity (Wildman–Crippen MR) is 116 cm³/mol. The summed E-state index contributed by atoms with van der Waals surface area (Å²) in [4.78, 5) is 50.6. The van der Waals surface area contributed by atoms with Crippen molar-refractivity contribution >= 4 is 61.2 Å². The van der Waals surface area contributed by atoms with Gasteiger partial charge in [0.2, 0.25) is 11.8 Å². The molecule has 1 aliphatic heterocycles. The van der Waals surface area contributed by atoms with Gasteiger partial charge in [0.15, 0.2) is 6.61 Å². The number of carbonyl (C=O) groups is 4. The molecule has 2 fully saturated rings. The molecule has 1 saturated heterocycles. The van der Waals surface area contributed by atoms with Crippen LogP contribution < -0.4 is 10.1 Å². The first-order valence-electron chi connectivity index (χ1n) is 9.62. The van der Waals surface area contributed by atoms with Gasteiger partial charge < -0.3 is 14.8 Å². The molecule has 0 aromatic heterocycles. The van der Waals surface area contributed by atoms with Crippen molar-refractivity contribution in [3.63, 3.8) is 0 Å². The summed E-state index contributed by atoms with van der Waals surface area (Å²) in [5, 5.41) is 2.61. The largest absolute Gasteiger partial charge is 0.492 e. The van der Waals surface area contributed by atoms with Crippen LogP contribution in [0.2, 0.25) is 0 Å². The van der Waals surface area contributed by atoms with Gasteiger partial charge in [-0.05, 0) is 31.9 Å². The number of benzene rings is 1. The minimum Gasteiger partial charge on any atom is -0.492 e. The number of anilines is 1. The molecule has 1 aromatic carbocycles. The van der Waals surface area contributed by atoms with Gasteiger partial charge in [0.05, 0.1) is 24.1 Å². The predicted octanol–water partition coefficient (Wildman–Crippen LogP) is 2.49. The molecule has 1 heterocycles. The van der Waals surface area contributed by atoms with Gasteiger partial charge in [0.1, 0.15) is 12.3 Å². The number of halogens is 2. The highest BCUT2D eigenvalue weighted by atomic mass is 79.9. The Morgan fingerprint density at radius 2 is 1.70 bits per heavy atom. The molecule has 0 unspecified atom stereocenters. The van der Waals surface area contributed by atoms with Crippen LogP contribution in [0.15, 0.2) is 24.3 Å². The number of hydrogen-bond acceptors (Lipinski definition) is 6. The minimum atomic E-state index is -0.811. The van der Waals surface area contributed by atoms with Crippen molar-refractivity contribution in [3.05, 3.63) is 24.3 Å². The first kappa shape index (κ1) is 22.7. The van der Waals surface area contributed by atoms with Crippen LogP contribution in [0.3, 0.4) is 0 Å². The summed E-state index contributed by atoms with van der Waals surface area (Å²) in [7, 11) is 0. The van der Waals surface area contributed by atoms with E-state index in [4.69, 9.17) is 9.47 Å². The van der Waals surface area contributed by atoms with Gasteiger partial charge in [-0.3, -0.25) is 24.1 Å². The number of imide groups is 1. The van der Waals surface area contributed by atoms with Crippen LogP contribution in [-0.4, -0.2) is 58.0 Å². The molecule has 162 valence electrons. The number of hydrogen-bond donors (Lipinski definition) is 1. The average molecular weight is 546 g/mol. The highest BCUT2D eigenvalue weighted by Gasteiger charge is 2.52. The van der Waals surface area contributed by atoms with Gasteiger partial charge in [-0.1, -0.05) is 44.0 Å². The molecule has 0 spiro atoms. The van der Waals surface area contributed by atoms with E-state index in [1.165, 1.54) is 0 Å². The number of amides is 3. The Hall–Kier alpha value is -1.94. The molecule has 0 bridgehead atoms. The lowest BCUT2D eigenvalue weighted by atomic mass is 9.81. The Morgan fingerprint density at radius 1 is 1.10 bits per heavy atom. The van der Waals surface area contributed by atoms with Gasteiger partial charge >= 0.3 is 5.97 Å². The van der Waals surface area contributed by atoms with Crippen molar-refractivity contribution in [3.8, 4) is 5.75 Å². The number of para-hydroxylation sites is 2. The van der Waals surface area contributed by atoms with Crippen LogP contribution in [0.5, 0.6) is 5.75 Å². The van der Waals surface area contributed by atoms with Crippen molar-refractivity contribution in [2.75, 3.05) is 25.1 Å². The number of rotatable bonds is 7. The fourth-order valence-corrected chi connectivity index (χ4v) is 4.92. The van der Waals surface area contributed by atoms with E-state index >= 15 is 0 Å². The number of nitrogens with zero attached hydrogens (tertiary/aromatic N) is 1. The number of likely N-dealkylation sites (tertiary alicyclic amines) is 1. The zero-order chi connectivity index (χ0) is 21.8. The van der Waals surface area contributed by atoms with Crippen molar-refractivity contribution < 1.29 is 28.7 Å². The minimum absolute atomic E-state index is 0.0886. The number of ether oxygens (including phenoxy) is 2. The monoisotopic (exact) mass is 544 g/mol. The van der Waals surface area contributed by atoms with Gasteiger partial charge in [-0.25, -0.2) is 0 Å². The summed E-state index contributed by atoms with van der Waals surface area (Å²) >= 11 is 7.03. The van der Waals surface area contributed by atoms with Gasteiger partial charge in [0.25, 0.3) is 5.91 Å². The molecular weight excluding hydrogens is 524 g/mol. The molecule has 10 heteroatoms. The van der Waals surface area contributed by atoms with Crippen LogP contribution in [-0.2, 0) is 23.9 Å². The van der Waals surface area contributed by atoms with E-state index in [9.17, 15) is 19.2 Å². The number of carbonyl (C=O) groups excluding carboxylic acids is 4. The number of fused-ring (bicyclic) bond motifs is 1. The maximum atomic E-state index is 12.6. The molecule has 30 heavy (non-hydrogen) atoms. The van der Waals surface area contributed by atoms with Crippen LogP contribution in [0, 0.1) is 11.8 Å². The zero-order valence-corrected chi connectivity index (χ0v) is 19.5. The molecule has 1 N–H and O–H groups in total. The van der Waals surface area contributed by atoms with Gasteiger partial charge in [-0.15, -0.1) is 0 Å². The van der Waals surface area contributed by atoms with E-state index in [0.717, 1.165) is 4.90 Å². The lowest BCUT2D eigenvalue weighted by Crippen LogP contribution is -2.37. The van der Waals surface area contributed by atoms with E-state index in [-0.39, 0.29) is 21.5 Å². The third-order valence-electron chi connectivity index (χ3n) is 5.12. The molecule has 1 aliphatic carbocycles. The molecule has 0 radical (unpaired) electrons. The number of nitrogens with one attached hydrogen (secondary N) is 1. The SMILES string of the molecule is CCOc1ccccc1NC(=O)COC(=O)CN1C(=O)[C@H]2C[C@H](Br)[C@@H](Br)C[C@H]2C1=O. The van der Waals surface area contributed by atoms with Crippen molar-refractivity contribution in [1.29, 1.82) is 0 Å². The normalized spacial score (nSPS) is 25.6. The summed E-state index contributed by atoms with van der Waals surface area (Å²) < 4.78 is 10.4.